The fourth-order valence-corrected chi connectivity index (χ4v) is 5.32. The summed E-state index contributed by atoms with van der Waals surface area (Å²) in [5.74, 6) is -0.0947. The van der Waals surface area contributed by atoms with Crippen LogP contribution in [0.4, 0.5) is 0 Å². The number of piperazine rings is 1. The summed E-state index contributed by atoms with van der Waals surface area (Å²) in [5, 5.41) is 18.3. The van der Waals surface area contributed by atoms with Gasteiger partial charge in [-0.15, -0.1) is 6.58 Å². The van der Waals surface area contributed by atoms with Gasteiger partial charge in [-0.3, -0.25) is 9.69 Å². The first-order chi connectivity index (χ1) is 15.9. The summed E-state index contributed by atoms with van der Waals surface area (Å²) in [6.45, 7) is 5.80. The second kappa shape index (κ2) is 10.9. The van der Waals surface area contributed by atoms with Gasteiger partial charge < -0.3 is 4.90 Å². The van der Waals surface area contributed by atoms with Gasteiger partial charge in [-0.25, -0.2) is 8.42 Å². The zero-order valence-electron chi connectivity index (χ0n) is 18.2. The molecule has 0 aliphatic carbocycles. The molecule has 0 saturated carbocycles. The molecule has 33 heavy (non-hydrogen) atoms. The lowest BCUT2D eigenvalue weighted by molar-refractivity contribution is -0.133. The topological polar surface area (TPSA) is 109 Å². The maximum absolute atomic E-state index is 13.0. The van der Waals surface area contributed by atoms with Crippen molar-refractivity contribution in [2.24, 2.45) is 0 Å². The lowest BCUT2D eigenvalue weighted by atomic mass is 10.1. The second-order valence-corrected chi connectivity index (χ2v) is 9.57. The number of sulfonamides is 1. The quantitative estimate of drug-likeness (QED) is 0.554. The van der Waals surface area contributed by atoms with E-state index in [-0.39, 0.29) is 49.1 Å². The Balaban J connectivity index is 1.62. The minimum Gasteiger partial charge on any atom is -0.339 e. The Morgan fingerprint density at radius 1 is 1.06 bits per heavy atom. The van der Waals surface area contributed by atoms with Crippen molar-refractivity contribution >= 4 is 15.9 Å². The highest BCUT2D eigenvalue weighted by molar-refractivity contribution is 7.89. The number of hydrogen-bond donors (Lipinski definition) is 0. The number of amides is 1. The van der Waals surface area contributed by atoms with Crippen LogP contribution in [0, 0.1) is 22.7 Å². The molecular formula is C24H25N5O3S. The number of benzene rings is 2. The van der Waals surface area contributed by atoms with E-state index in [9.17, 15) is 18.5 Å². The van der Waals surface area contributed by atoms with Crippen molar-refractivity contribution < 1.29 is 13.2 Å². The molecular weight excluding hydrogens is 438 g/mol. The zero-order valence-corrected chi connectivity index (χ0v) is 19.0. The largest absolute Gasteiger partial charge is 0.339 e. The van der Waals surface area contributed by atoms with E-state index in [2.05, 4.69) is 12.6 Å². The van der Waals surface area contributed by atoms with E-state index in [4.69, 9.17) is 5.26 Å². The fraction of sp³-hybridized carbons (Fsp3) is 0.292. The van der Waals surface area contributed by atoms with Crippen molar-refractivity contribution in [3.8, 4) is 12.1 Å². The van der Waals surface area contributed by atoms with Gasteiger partial charge in [0.1, 0.15) is 6.07 Å². The summed E-state index contributed by atoms with van der Waals surface area (Å²) in [4.78, 5) is 16.5. The Labute approximate surface area is 194 Å². The molecule has 0 spiro atoms. The smallest absolute Gasteiger partial charge is 0.244 e. The third-order valence-electron chi connectivity index (χ3n) is 5.43. The van der Waals surface area contributed by atoms with Crippen LogP contribution in [0.2, 0.25) is 0 Å². The summed E-state index contributed by atoms with van der Waals surface area (Å²) < 4.78 is 27.3. The summed E-state index contributed by atoms with van der Waals surface area (Å²) in [6, 6.07) is 17.4. The monoisotopic (exact) mass is 463 g/mol. The highest BCUT2D eigenvalue weighted by atomic mass is 32.2. The molecule has 1 saturated heterocycles. The summed E-state index contributed by atoms with van der Waals surface area (Å²) in [5.41, 5.74) is 1.60. The maximum Gasteiger partial charge on any atom is 0.244 e. The van der Waals surface area contributed by atoms with Crippen molar-refractivity contribution in [2.75, 3.05) is 39.3 Å². The lowest BCUT2D eigenvalue weighted by Gasteiger charge is -2.35. The first-order valence-electron chi connectivity index (χ1n) is 10.5. The van der Waals surface area contributed by atoms with Crippen molar-refractivity contribution in [3.63, 3.8) is 0 Å². The van der Waals surface area contributed by atoms with Crippen molar-refractivity contribution in [1.29, 1.82) is 10.5 Å². The molecule has 9 heteroatoms. The SMILES string of the molecule is C=CCN(CC(=O)N1CCN(S(=O)(=O)c2ccccc2C#N)CC1)Cc1cccc(C#N)c1. The van der Waals surface area contributed by atoms with Crippen LogP contribution in [0.5, 0.6) is 0 Å². The summed E-state index contributed by atoms with van der Waals surface area (Å²) in [7, 11) is -3.81. The number of carbonyl (C=O) groups is 1. The second-order valence-electron chi connectivity index (χ2n) is 7.66. The molecule has 1 amide bonds. The van der Waals surface area contributed by atoms with Gasteiger partial charge in [-0.05, 0) is 29.8 Å². The first-order valence-corrected chi connectivity index (χ1v) is 11.9. The average Bonchev–Trinajstić information content (AvgIpc) is 2.84. The highest BCUT2D eigenvalue weighted by Gasteiger charge is 2.31. The number of hydrogen-bond acceptors (Lipinski definition) is 6. The van der Waals surface area contributed by atoms with Crippen molar-refractivity contribution in [1.82, 2.24) is 14.1 Å². The third-order valence-corrected chi connectivity index (χ3v) is 7.38. The predicted molar refractivity (Wildman–Crippen MR) is 123 cm³/mol. The van der Waals surface area contributed by atoms with Crippen LogP contribution in [0.25, 0.3) is 0 Å². The minimum absolute atomic E-state index is 0.0102. The van der Waals surface area contributed by atoms with E-state index < -0.39 is 10.0 Å². The van der Waals surface area contributed by atoms with Crippen LogP contribution in [-0.2, 0) is 21.4 Å². The molecule has 2 aromatic rings. The number of nitriles is 2. The third kappa shape index (κ3) is 5.85. The van der Waals surface area contributed by atoms with Gasteiger partial charge in [0.05, 0.1) is 28.6 Å². The molecule has 1 aliphatic heterocycles. The molecule has 170 valence electrons. The van der Waals surface area contributed by atoms with E-state index in [0.717, 1.165) is 5.56 Å². The number of nitrogens with zero attached hydrogens (tertiary/aromatic N) is 5. The Morgan fingerprint density at radius 3 is 2.45 bits per heavy atom. The van der Waals surface area contributed by atoms with E-state index in [1.54, 1.807) is 35.2 Å². The van der Waals surface area contributed by atoms with Crippen LogP contribution in [0.1, 0.15) is 16.7 Å². The van der Waals surface area contributed by atoms with Crippen LogP contribution in [-0.4, -0.2) is 67.7 Å². The zero-order chi connectivity index (χ0) is 23.8. The summed E-state index contributed by atoms with van der Waals surface area (Å²) >= 11 is 0. The number of rotatable bonds is 8. The van der Waals surface area contributed by atoms with Gasteiger partial charge in [0.2, 0.25) is 15.9 Å². The molecule has 0 atom stereocenters. The van der Waals surface area contributed by atoms with Crippen molar-refractivity contribution in [3.05, 3.63) is 77.9 Å². The molecule has 1 fully saturated rings. The van der Waals surface area contributed by atoms with Gasteiger partial charge in [0.25, 0.3) is 0 Å². The van der Waals surface area contributed by atoms with E-state index in [1.807, 2.05) is 23.1 Å². The fourth-order valence-electron chi connectivity index (χ4n) is 3.76. The molecule has 0 aromatic heterocycles. The van der Waals surface area contributed by atoms with Crippen LogP contribution >= 0.6 is 0 Å². The normalized spacial score (nSPS) is 14.5. The van der Waals surface area contributed by atoms with E-state index >= 15 is 0 Å². The Bertz CT molecular complexity index is 1210. The molecule has 2 aromatic carbocycles. The molecule has 0 radical (unpaired) electrons. The maximum atomic E-state index is 13.0. The predicted octanol–water partition coefficient (Wildman–Crippen LogP) is 1.95. The Kier molecular flexibility index (Phi) is 7.96. The number of carbonyl (C=O) groups excluding carboxylic acids is 1. The van der Waals surface area contributed by atoms with Gasteiger partial charge in [-0.1, -0.05) is 30.3 Å². The first kappa shape index (κ1) is 24.1. The van der Waals surface area contributed by atoms with Gasteiger partial charge in [0.15, 0.2) is 0 Å². The average molecular weight is 464 g/mol. The Morgan fingerprint density at radius 2 is 1.79 bits per heavy atom. The summed E-state index contributed by atoms with van der Waals surface area (Å²) in [6.07, 6.45) is 1.72. The molecule has 0 N–H and O–H groups in total. The van der Waals surface area contributed by atoms with Crippen LogP contribution < -0.4 is 0 Å². The molecule has 8 nitrogen and oxygen atoms in total. The molecule has 3 rings (SSSR count). The van der Waals surface area contributed by atoms with Crippen molar-refractivity contribution in [2.45, 2.75) is 11.4 Å². The lowest BCUT2D eigenvalue weighted by Crippen LogP contribution is -2.52. The molecule has 1 aliphatic rings. The molecule has 1 heterocycles. The minimum atomic E-state index is -3.81. The van der Waals surface area contributed by atoms with E-state index in [0.29, 0.717) is 18.7 Å². The standard InChI is InChI=1S/C24H25N5O3S/c1-2-10-27(18-21-7-5-6-20(15-21)16-25)19-24(30)28-11-13-29(14-12-28)33(31,32)23-9-4-3-8-22(23)17-26/h2-9,15H,1,10-14,18-19H2. The molecule has 0 unspecified atom stereocenters. The van der Waals surface area contributed by atoms with Gasteiger partial charge in [0, 0.05) is 39.3 Å². The van der Waals surface area contributed by atoms with Crippen LogP contribution in [0.15, 0.2) is 66.1 Å². The molecule has 0 bridgehead atoms. The van der Waals surface area contributed by atoms with E-state index in [1.165, 1.54) is 16.4 Å². The van der Waals surface area contributed by atoms with Crippen LogP contribution in [0.3, 0.4) is 0 Å². The van der Waals surface area contributed by atoms with Gasteiger partial charge in [-0.2, -0.15) is 14.8 Å². The highest BCUT2D eigenvalue weighted by Crippen LogP contribution is 2.21. The van der Waals surface area contributed by atoms with Gasteiger partial charge >= 0.3 is 0 Å². The Hall–Kier alpha value is -3.50.